The molecule has 2 aromatic carbocycles. The van der Waals surface area contributed by atoms with Gasteiger partial charge in [-0.3, -0.25) is 10.1 Å². The molecule has 0 bridgehead atoms. The monoisotopic (exact) mass is 388 g/mol. The van der Waals surface area contributed by atoms with Crippen LogP contribution in [0, 0.1) is 15.9 Å². The van der Waals surface area contributed by atoms with Gasteiger partial charge in [-0.1, -0.05) is 12.1 Å². The van der Waals surface area contributed by atoms with Gasteiger partial charge in [-0.15, -0.1) is 0 Å². The fourth-order valence-corrected chi connectivity index (χ4v) is 2.65. The van der Waals surface area contributed by atoms with Crippen molar-refractivity contribution >= 4 is 23.0 Å². The van der Waals surface area contributed by atoms with Crippen molar-refractivity contribution in [3.8, 4) is 17.0 Å². The molecule has 0 aliphatic rings. The highest BCUT2D eigenvalue weighted by atomic mass is 35.5. The van der Waals surface area contributed by atoms with Gasteiger partial charge in [0.2, 0.25) is 5.28 Å². The summed E-state index contributed by atoms with van der Waals surface area (Å²) in [6, 6.07) is 10.8. The molecular weight excluding hydrogens is 375 g/mol. The molecule has 0 atom stereocenters. The lowest BCUT2D eigenvalue weighted by atomic mass is 10.1. The van der Waals surface area contributed by atoms with E-state index in [0.717, 1.165) is 0 Å². The second-order valence-electron chi connectivity index (χ2n) is 5.52. The molecule has 27 heavy (non-hydrogen) atoms. The molecule has 9 heteroatoms. The van der Waals surface area contributed by atoms with Gasteiger partial charge in [0.1, 0.15) is 5.69 Å². The largest absolute Gasteiger partial charge is 0.494 e. The number of nitrogens with one attached hydrogen (secondary N) is 1. The van der Waals surface area contributed by atoms with Gasteiger partial charge < -0.3 is 10.1 Å². The highest BCUT2D eigenvalue weighted by Crippen LogP contribution is 2.30. The summed E-state index contributed by atoms with van der Waals surface area (Å²) in [6.07, 6.45) is 1.47. The molecule has 0 radical (unpaired) electrons. The van der Waals surface area contributed by atoms with Crippen LogP contribution in [-0.4, -0.2) is 22.0 Å². The predicted molar refractivity (Wildman–Crippen MR) is 99.4 cm³/mol. The number of hydrogen-bond acceptors (Lipinski definition) is 6. The second kappa shape index (κ2) is 7.96. The van der Waals surface area contributed by atoms with E-state index in [9.17, 15) is 14.5 Å². The lowest BCUT2D eigenvalue weighted by Crippen LogP contribution is -2.03. The average molecular weight is 389 g/mol. The van der Waals surface area contributed by atoms with E-state index in [0.29, 0.717) is 22.5 Å². The molecule has 1 heterocycles. The molecule has 0 fully saturated rings. The summed E-state index contributed by atoms with van der Waals surface area (Å²) in [4.78, 5) is 18.8. The maximum Gasteiger partial charge on any atom is 0.292 e. The summed E-state index contributed by atoms with van der Waals surface area (Å²) in [7, 11) is 1.38. The molecular formula is C18H14ClFN4O3. The minimum Gasteiger partial charge on any atom is -0.494 e. The van der Waals surface area contributed by atoms with Crippen LogP contribution in [-0.2, 0) is 6.54 Å². The first kappa shape index (κ1) is 18.5. The molecule has 3 rings (SSSR count). The quantitative estimate of drug-likeness (QED) is 0.381. The van der Waals surface area contributed by atoms with Crippen LogP contribution in [0.15, 0.2) is 48.7 Å². The number of halogens is 2. The highest BCUT2D eigenvalue weighted by Gasteiger charge is 2.16. The second-order valence-corrected chi connectivity index (χ2v) is 5.86. The number of rotatable bonds is 6. The fraction of sp³-hybridized carbons (Fsp3) is 0.111. The Kier molecular flexibility index (Phi) is 5.46. The molecule has 0 aliphatic heterocycles. The topological polar surface area (TPSA) is 90.2 Å². The first-order valence-electron chi connectivity index (χ1n) is 7.81. The number of anilines is 1. The lowest BCUT2D eigenvalue weighted by Gasteiger charge is -2.10. The Morgan fingerprint density at radius 2 is 2.07 bits per heavy atom. The minimum absolute atomic E-state index is 0.0545. The summed E-state index contributed by atoms with van der Waals surface area (Å²) in [6.45, 7) is 0.209. The van der Waals surface area contributed by atoms with Crippen LogP contribution in [0.5, 0.6) is 5.75 Å². The van der Waals surface area contributed by atoms with Crippen LogP contribution < -0.4 is 10.1 Å². The molecule has 7 nitrogen and oxygen atoms in total. The Balaban J connectivity index is 1.85. The number of benzene rings is 2. The number of aromatic nitrogens is 2. The van der Waals surface area contributed by atoms with E-state index >= 15 is 0 Å². The van der Waals surface area contributed by atoms with Gasteiger partial charge in [0.05, 0.1) is 17.7 Å². The molecule has 1 aromatic heterocycles. The van der Waals surface area contributed by atoms with Crippen molar-refractivity contribution in [2.45, 2.75) is 6.54 Å². The summed E-state index contributed by atoms with van der Waals surface area (Å²) in [5, 5.41) is 14.5. The number of nitro groups is 1. The Morgan fingerprint density at radius 1 is 1.26 bits per heavy atom. The van der Waals surface area contributed by atoms with E-state index in [2.05, 4.69) is 15.3 Å². The van der Waals surface area contributed by atoms with Crippen molar-refractivity contribution in [3.05, 3.63) is 75.4 Å². The third kappa shape index (κ3) is 4.29. The van der Waals surface area contributed by atoms with Gasteiger partial charge in [0.15, 0.2) is 11.6 Å². The van der Waals surface area contributed by atoms with Gasteiger partial charge in [-0.05, 0) is 41.4 Å². The molecule has 0 aliphatic carbocycles. The molecule has 0 amide bonds. The maximum absolute atomic E-state index is 13.8. The van der Waals surface area contributed by atoms with Crippen molar-refractivity contribution < 1.29 is 14.1 Å². The van der Waals surface area contributed by atoms with Crippen LogP contribution in [0.4, 0.5) is 15.8 Å². The van der Waals surface area contributed by atoms with Gasteiger partial charge >= 0.3 is 0 Å². The van der Waals surface area contributed by atoms with Crippen molar-refractivity contribution in [2.75, 3.05) is 12.4 Å². The molecule has 0 spiro atoms. The van der Waals surface area contributed by atoms with E-state index in [1.54, 1.807) is 24.3 Å². The van der Waals surface area contributed by atoms with Crippen LogP contribution >= 0.6 is 11.6 Å². The zero-order chi connectivity index (χ0) is 19.4. The zero-order valence-electron chi connectivity index (χ0n) is 14.1. The number of nitrogens with zero attached hydrogens (tertiary/aromatic N) is 3. The smallest absolute Gasteiger partial charge is 0.292 e. The zero-order valence-corrected chi connectivity index (χ0v) is 14.9. The third-order valence-electron chi connectivity index (χ3n) is 3.82. The fourth-order valence-electron chi connectivity index (χ4n) is 2.50. The van der Waals surface area contributed by atoms with E-state index in [4.69, 9.17) is 16.3 Å². The first-order valence-corrected chi connectivity index (χ1v) is 8.19. The first-order chi connectivity index (χ1) is 13.0. The summed E-state index contributed by atoms with van der Waals surface area (Å²) in [5.41, 5.74) is 1.81. The lowest BCUT2D eigenvalue weighted by molar-refractivity contribution is -0.383. The molecule has 138 valence electrons. The minimum atomic E-state index is -0.498. The average Bonchev–Trinajstić information content (AvgIpc) is 2.66. The molecule has 0 saturated heterocycles. The standard InChI is InChI=1S/C18H14ClFN4O3/c1-27-17-5-2-11(8-13(17)20)10-22-15-4-3-12(9-16(15)24(25)26)14-6-7-21-18(19)23-14/h2-9,22H,10H2,1H3. The van der Waals surface area contributed by atoms with Crippen LogP contribution in [0.25, 0.3) is 11.3 Å². The van der Waals surface area contributed by atoms with Crippen molar-refractivity contribution in [2.24, 2.45) is 0 Å². The Morgan fingerprint density at radius 3 is 2.74 bits per heavy atom. The van der Waals surface area contributed by atoms with E-state index < -0.39 is 10.7 Å². The Bertz CT molecular complexity index is 1000. The molecule has 1 N–H and O–H groups in total. The van der Waals surface area contributed by atoms with Gasteiger partial charge in [0.25, 0.3) is 5.69 Å². The Labute approximate surface area is 158 Å². The highest BCUT2D eigenvalue weighted by molar-refractivity contribution is 6.28. The van der Waals surface area contributed by atoms with Crippen LogP contribution in [0.1, 0.15) is 5.56 Å². The Hall–Kier alpha value is -3.26. The summed E-state index contributed by atoms with van der Waals surface area (Å²) < 4.78 is 18.6. The van der Waals surface area contributed by atoms with Gasteiger partial charge in [-0.2, -0.15) is 0 Å². The molecule has 0 unspecified atom stereocenters. The van der Waals surface area contributed by atoms with E-state index in [1.165, 1.54) is 31.5 Å². The third-order valence-corrected chi connectivity index (χ3v) is 4.00. The van der Waals surface area contributed by atoms with Gasteiger partial charge in [0, 0.05) is 24.4 Å². The molecule has 3 aromatic rings. The van der Waals surface area contributed by atoms with Crippen molar-refractivity contribution in [1.82, 2.24) is 9.97 Å². The van der Waals surface area contributed by atoms with Crippen LogP contribution in [0.2, 0.25) is 5.28 Å². The summed E-state index contributed by atoms with van der Waals surface area (Å²) in [5.74, 6) is -0.361. The summed E-state index contributed by atoms with van der Waals surface area (Å²) >= 11 is 5.77. The van der Waals surface area contributed by atoms with Crippen molar-refractivity contribution in [3.63, 3.8) is 0 Å². The number of nitro benzene ring substituents is 1. The van der Waals surface area contributed by atoms with Gasteiger partial charge in [-0.25, -0.2) is 14.4 Å². The SMILES string of the molecule is COc1ccc(CNc2ccc(-c3ccnc(Cl)n3)cc2[N+](=O)[O-])cc1F. The normalized spacial score (nSPS) is 10.5. The number of hydrogen-bond donors (Lipinski definition) is 1. The van der Waals surface area contributed by atoms with Crippen LogP contribution in [0.3, 0.4) is 0 Å². The van der Waals surface area contributed by atoms with E-state index in [1.807, 2.05) is 0 Å². The number of ether oxygens (including phenoxy) is 1. The molecule has 0 saturated carbocycles. The van der Waals surface area contributed by atoms with E-state index in [-0.39, 0.29) is 23.3 Å². The maximum atomic E-state index is 13.8. The predicted octanol–water partition coefficient (Wildman–Crippen LogP) is 4.47. The van der Waals surface area contributed by atoms with Crippen molar-refractivity contribution in [1.29, 1.82) is 0 Å². The number of methoxy groups -OCH3 is 1.